The van der Waals surface area contributed by atoms with Crippen molar-refractivity contribution in [2.24, 2.45) is 0 Å². The molecule has 0 fully saturated rings. The Morgan fingerprint density at radius 3 is 1.93 bits per heavy atom. The molecule has 0 spiro atoms. The van der Waals surface area contributed by atoms with Gasteiger partial charge in [0.15, 0.2) is 0 Å². The van der Waals surface area contributed by atoms with Gasteiger partial charge in [-0.3, -0.25) is 4.79 Å². The van der Waals surface area contributed by atoms with Crippen LogP contribution in [-0.2, 0) is 6.54 Å². The molecule has 0 unspecified atom stereocenters. The number of pyridine rings is 1. The zero-order valence-electron chi connectivity index (χ0n) is 16.2. The van der Waals surface area contributed by atoms with E-state index in [2.05, 4.69) is 66.7 Å². The summed E-state index contributed by atoms with van der Waals surface area (Å²) in [6.45, 7) is 0.569. The van der Waals surface area contributed by atoms with E-state index < -0.39 is 0 Å². The lowest BCUT2D eigenvalue weighted by Gasteiger charge is -2.20. The Balaban J connectivity index is 1.79. The van der Waals surface area contributed by atoms with E-state index in [4.69, 9.17) is 0 Å². The van der Waals surface area contributed by atoms with Crippen molar-refractivity contribution in [3.8, 4) is 0 Å². The van der Waals surface area contributed by atoms with Crippen molar-refractivity contribution < 1.29 is 0 Å². The van der Waals surface area contributed by atoms with E-state index in [9.17, 15) is 4.79 Å². The van der Waals surface area contributed by atoms with Gasteiger partial charge in [0.05, 0.1) is 12.1 Å². The molecular formula is C28H17NO. The standard InChI is InChI=1S/C28H17NO/c30-28-22-14-12-18-8-4-10-20-21-11-5-9-19-13-15-23(27(25(19)21)26(22)24(18)20)29(28)16-17-6-2-1-3-7-17/h1-15H,16H2. The van der Waals surface area contributed by atoms with E-state index in [0.717, 1.165) is 21.9 Å². The molecule has 0 atom stereocenters. The van der Waals surface area contributed by atoms with Gasteiger partial charge in [-0.25, -0.2) is 0 Å². The molecule has 140 valence electrons. The van der Waals surface area contributed by atoms with E-state index in [1.165, 1.54) is 37.7 Å². The molecule has 0 radical (unpaired) electrons. The SMILES string of the molecule is O=c1c2ccc3cccc4c5cccc6ccc(c(c65)c2c34)n1Cc1ccccc1. The van der Waals surface area contributed by atoms with Crippen LogP contribution >= 0.6 is 0 Å². The zero-order chi connectivity index (χ0) is 19.8. The van der Waals surface area contributed by atoms with E-state index in [-0.39, 0.29) is 5.56 Å². The average Bonchev–Trinajstić information content (AvgIpc) is 2.80. The molecule has 1 aromatic heterocycles. The summed E-state index contributed by atoms with van der Waals surface area (Å²) in [5.41, 5.74) is 2.22. The highest BCUT2D eigenvalue weighted by Crippen LogP contribution is 2.43. The summed E-state index contributed by atoms with van der Waals surface area (Å²) in [6.07, 6.45) is 0. The first kappa shape index (κ1) is 15.9. The molecule has 0 aliphatic carbocycles. The predicted molar refractivity (Wildman–Crippen MR) is 126 cm³/mol. The third-order valence-corrected chi connectivity index (χ3v) is 6.56. The summed E-state index contributed by atoms with van der Waals surface area (Å²) in [7, 11) is 0. The maximum Gasteiger partial charge on any atom is 0.259 e. The Morgan fingerprint density at radius 2 is 1.20 bits per heavy atom. The molecule has 0 bridgehead atoms. The van der Waals surface area contributed by atoms with E-state index in [0.29, 0.717) is 6.54 Å². The minimum absolute atomic E-state index is 0.0804. The number of hydrogen-bond donors (Lipinski definition) is 0. The minimum Gasteiger partial charge on any atom is -0.303 e. The molecule has 2 heteroatoms. The predicted octanol–water partition coefficient (Wildman–Crippen LogP) is 6.54. The first-order valence-corrected chi connectivity index (χ1v) is 10.3. The molecule has 7 aromatic rings. The van der Waals surface area contributed by atoms with E-state index in [1.807, 2.05) is 28.8 Å². The minimum atomic E-state index is 0.0804. The van der Waals surface area contributed by atoms with Crippen LogP contribution in [0, 0.1) is 0 Å². The summed E-state index contributed by atoms with van der Waals surface area (Å²) < 4.78 is 1.95. The lowest BCUT2D eigenvalue weighted by atomic mass is 9.87. The monoisotopic (exact) mass is 383 g/mol. The van der Waals surface area contributed by atoms with Gasteiger partial charge >= 0.3 is 0 Å². The number of benzene rings is 6. The highest BCUT2D eigenvalue weighted by atomic mass is 16.1. The zero-order valence-corrected chi connectivity index (χ0v) is 16.2. The van der Waals surface area contributed by atoms with Crippen molar-refractivity contribution in [2.45, 2.75) is 6.54 Å². The third kappa shape index (κ3) is 1.91. The molecule has 0 aliphatic heterocycles. The number of fused-ring (bicyclic) bond motifs is 1. The van der Waals surface area contributed by atoms with Gasteiger partial charge in [0.2, 0.25) is 0 Å². The molecule has 30 heavy (non-hydrogen) atoms. The van der Waals surface area contributed by atoms with Gasteiger partial charge in [-0.2, -0.15) is 0 Å². The smallest absolute Gasteiger partial charge is 0.259 e. The molecular weight excluding hydrogens is 366 g/mol. The normalized spacial score (nSPS) is 12.3. The molecule has 0 saturated carbocycles. The van der Waals surface area contributed by atoms with Crippen LogP contribution in [-0.4, -0.2) is 4.57 Å². The van der Waals surface area contributed by atoms with Gasteiger partial charge < -0.3 is 4.57 Å². The van der Waals surface area contributed by atoms with Crippen molar-refractivity contribution in [1.29, 1.82) is 0 Å². The maximum absolute atomic E-state index is 13.7. The van der Waals surface area contributed by atoms with Crippen molar-refractivity contribution in [1.82, 2.24) is 4.57 Å². The Kier molecular flexibility index (Phi) is 2.97. The third-order valence-electron chi connectivity index (χ3n) is 6.56. The summed E-state index contributed by atoms with van der Waals surface area (Å²) in [5, 5.41) is 10.5. The average molecular weight is 383 g/mol. The first-order valence-electron chi connectivity index (χ1n) is 10.3. The highest BCUT2D eigenvalue weighted by Gasteiger charge is 2.20. The first-order chi connectivity index (χ1) is 14.8. The lowest BCUT2D eigenvalue weighted by molar-refractivity contribution is 0.803. The van der Waals surface area contributed by atoms with Gasteiger partial charge in [-0.05, 0) is 50.0 Å². The van der Waals surface area contributed by atoms with Crippen LogP contribution in [0.2, 0.25) is 0 Å². The van der Waals surface area contributed by atoms with Crippen molar-refractivity contribution in [3.05, 3.63) is 107 Å². The second-order valence-corrected chi connectivity index (χ2v) is 8.13. The van der Waals surface area contributed by atoms with Crippen molar-refractivity contribution >= 4 is 54.0 Å². The summed E-state index contributed by atoms with van der Waals surface area (Å²) in [6, 6.07) is 31.6. The Morgan fingerprint density at radius 1 is 0.533 bits per heavy atom. The van der Waals surface area contributed by atoms with Crippen LogP contribution in [0.15, 0.2) is 95.8 Å². The molecule has 0 amide bonds. The van der Waals surface area contributed by atoms with Gasteiger partial charge in [-0.15, -0.1) is 0 Å². The molecule has 0 saturated heterocycles. The number of aromatic nitrogens is 1. The van der Waals surface area contributed by atoms with Gasteiger partial charge in [0.25, 0.3) is 5.56 Å². The molecule has 6 aromatic carbocycles. The van der Waals surface area contributed by atoms with Gasteiger partial charge in [0, 0.05) is 16.2 Å². The van der Waals surface area contributed by atoms with Gasteiger partial charge in [-0.1, -0.05) is 78.9 Å². The second kappa shape index (κ2) is 5.58. The number of hydrogen-bond acceptors (Lipinski definition) is 1. The Bertz CT molecular complexity index is 1780. The fourth-order valence-electron chi connectivity index (χ4n) is 5.29. The van der Waals surface area contributed by atoms with Crippen LogP contribution in [0.5, 0.6) is 0 Å². The lowest BCUT2D eigenvalue weighted by Crippen LogP contribution is -2.22. The Hall–Kier alpha value is -3.91. The van der Waals surface area contributed by atoms with Crippen LogP contribution in [0.3, 0.4) is 0 Å². The maximum atomic E-state index is 13.7. The van der Waals surface area contributed by atoms with Gasteiger partial charge in [0.1, 0.15) is 0 Å². The van der Waals surface area contributed by atoms with Crippen LogP contribution < -0.4 is 5.56 Å². The summed E-state index contributed by atoms with van der Waals surface area (Å²) >= 11 is 0. The van der Waals surface area contributed by atoms with E-state index in [1.54, 1.807) is 0 Å². The largest absolute Gasteiger partial charge is 0.303 e. The van der Waals surface area contributed by atoms with E-state index >= 15 is 0 Å². The van der Waals surface area contributed by atoms with Crippen LogP contribution in [0.25, 0.3) is 54.0 Å². The summed E-state index contributed by atoms with van der Waals surface area (Å²) in [5.74, 6) is 0. The molecule has 2 nitrogen and oxygen atoms in total. The van der Waals surface area contributed by atoms with Crippen molar-refractivity contribution in [2.75, 3.05) is 0 Å². The van der Waals surface area contributed by atoms with Crippen LogP contribution in [0.4, 0.5) is 0 Å². The second-order valence-electron chi connectivity index (χ2n) is 8.13. The highest BCUT2D eigenvalue weighted by molar-refractivity contribution is 6.39. The topological polar surface area (TPSA) is 22.0 Å². The molecule has 0 aliphatic rings. The van der Waals surface area contributed by atoms with Crippen LogP contribution in [0.1, 0.15) is 5.56 Å². The number of rotatable bonds is 2. The number of nitrogens with zero attached hydrogens (tertiary/aromatic N) is 1. The Labute approximate surface area is 172 Å². The fourth-order valence-corrected chi connectivity index (χ4v) is 5.29. The summed E-state index contributed by atoms with van der Waals surface area (Å²) in [4.78, 5) is 13.7. The molecule has 0 N–H and O–H groups in total. The molecule has 1 heterocycles. The fraction of sp³-hybridized carbons (Fsp3) is 0.0357. The quantitative estimate of drug-likeness (QED) is 0.245. The molecule has 7 rings (SSSR count). The van der Waals surface area contributed by atoms with Crippen molar-refractivity contribution in [3.63, 3.8) is 0 Å².